The monoisotopic (exact) mass is 478 g/mol. The minimum absolute atomic E-state index is 0.220. The average Bonchev–Trinajstić information content (AvgIpc) is 3.29. The van der Waals surface area contributed by atoms with Crippen LogP contribution in [0.5, 0.6) is 11.5 Å². The molecule has 0 aliphatic heterocycles. The van der Waals surface area contributed by atoms with Gasteiger partial charge in [0.05, 0.1) is 48.6 Å². The van der Waals surface area contributed by atoms with Crippen molar-refractivity contribution in [1.29, 1.82) is 0 Å². The van der Waals surface area contributed by atoms with Crippen LogP contribution < -0.4 is 14.8 Å². The molecule has 0 unspecified atom stereocenters. The lowest BCUT2D eigenvalue weighted by Crippen LogP contribution is -2.13. The summed E-state index contributed by atoms with van der Waals surface area (Å²) in [5, 5.41) is 8.39. The van der Waals surface area contributed by atoms with Crippen molar-refractivity contribution in [1.82, 2.24) is 14.8 Å². The zero-order valence-electron chi connectivity index (χ0n) is 20.6. The van der Waals surface area contributed by atoms with E-state index in [1.165, 1.54) is 0 Å². The standard InChI is InChI=1S/C29H26N4O3/c1-18-8-13-27-24(14-18)25(29(34)31-20-6-5-7-23(15-20)36-4)16-28(32-27)26-17-30-33(19(26)2)21-9-11-22(35-3)12-10-21/h5-17H,1-4H3,(H,31,34). The summed E-state index contributed by atoms with van der Waals surface area (Å²) in [7, 11) is 3.24. The molecular formula is C29H26N4O3. The first-order valence-corrected chi connectivity index (χ1v) is 11.5. The van der Waals surface area contributed by atoms with Crippen molar-refractivity contribution in [3.63, 3.8) is 0 Å². The van der Waals surface area contributed by atoms with Gasteiger partial charge in [0.2, 0.25) is 0 Å². The molecule has 5 rings (SSSR count). The Hall–Kier alpha value is -4.65. The number of benzene rings is 3. The molecule has 0 saturated heterocycles. The van der Waals surface area contributed by atoms with E-state index in [0.29, 0.717) is 22.7 Å². The number of aryl methyl sites for hydroxylation is 1. The molecule has 0 aliphatic rings. The van der Waals surface area contributed by atoms with E-state index in [9.17, 15) is 4.79 Å². The molecule has 0 bridgehead atoms. The van der Waals surface area contributed by atoms with Crippen LogP contribution in [0.3, 0.4) is 0 Å². The summed E-state index contributed by atoms with van der Waals surface area (Å²) in [5.74, 6) is 1.23. The predicted octanol–water partition coefficient (Wildman–Crippen LogP) is 5.97. The van der Waals surface area contributed by atoms with Crippen LogP contribution in [0.4, 0.5) is 5.69 Å². The third-order valence-corrected chi connectivity index (χ3v) is 6.14. The fraction of sp³-hybridized carbons (Fsp3) is 0.138. The van der Waals surface area contributed by atoms with Gasteiger partial charge in [-0.1, -0.05) is 17.7 Å². The van der Waals surface area contributed by atoms with Gasteiger partial charge in [-0.3, -0.25) is 4.79 Å². The lowest BCUT2D eigenvalue weighted by molar-refractivity contribution is 0.102. The average molecular weight is 479 g/mol. The van der Waals surface area contributed by atoms with Gasteiger partial charge in [-0.15, -0.1) is 0 Å². The summed E-state index contributed by atoms with van der Waals surface area (Å²) in [5.41, 5.74) is 6.34. The number of carbonyl (C=O) groups excluding carboxylic acids is 1. The van der Waals surface area contributed by atoms with Crippen molar-refractivity contribution in [2.45, 2.75) is 13.8 Å². The first kappa shape index (κ1) is 23.1. The highest BCUT2D eigenvalue weighted by molar-refractivity contribution is 6.13. The molecule has 2 aromatic heterocycles. The van der Waals surface area contributed by atoms with Crippen molar-refractivity contribution in [2.24, 2.45) is 0 Å². The maximum Gasteiger partial charge on any atom is 0.256 e. The third-order valence-electron chi connectivity index (χ3n) is 6.14. The van der Waals surface area contributed by atoms with Crippen molar-refractivity contribution in [3.8, 4) is 28.4 Å². The van der Waals surface area contributed by atoms with Gasteiger partial charge in [-0.05, 0) is 68.4 Å². The number of amides is 1. The smallest absolute Gasteiger partial charge is 0.256 e. The number of rotatable bonds is 6. The van der Waals surface area contributed by atoms with Crippen LogP contribution in [-0.2, 0) is 0 Å². The molecule has 1 N–H and O–H groups in total. The van der Waals surface area contributed by atoms with Gasteiger partial charge in [0.1, 0.15) is 11.5 Å². The molecule has 2 heterocycles. The van der Waals surface area contributed by atoms with Gasteiger partial charge < -0.3 is 14.8 Å². The Morgan fingerprint density at radius 2 is 1.67 bits per heavy atom. The first-order chi connectivity index (χ1) is 17.5. The zero-order valence-corrected chi connectivity index (χ0v) is 20.6. The molecule has 1 amide bonds. The van der Waals surface area contributed by atoms with Crippen molar-refractivity contribution in [2.75, 3.05) is 19.5 Å². The molecule has 0 radical (unpaired) electrons. The Labute approximate surface area is 209 Å². The molecule has 5 aromatic rings. The molecule has 0 spiro atoms. The van der Waals surface area contributed by atoms with E-state index < -0.39 is 0 Å². The fourth-order valence-corrected chi connectivity index (χ4v) is 4.21. The SMILES string of the molecule is COc1ccc(-n2ncc(-c3cc(C(=O)Nc4cccc(OC)c4)c4cc(C)ccc4n3)c2C)cc1. The number of pyridine rings is 1. The second-order valence-corrected chi connectivity index (χ2v) is 8.52. The number of nitrogens with one attached hydrogen (secondary N) is 1. The van der Waals surface area contributed by atoms with Crippen LogP contribution in [0.15, 0.2) is 79.0 Å². The molecule has 0 atom stereocenters. The first-order valence-electron chi connectivity index (χ1n) is 11.5. The normalized spacial score (nSPS) is 10.9. The number of nitrogens with zero attached hydrogens (tertiary/aromatic N) is 3. The largest absolute Gasteiger partial charge is 0.497 e. The summed E-state index contributed by atoms with van der Waals surface area (Å²) >= 11 is 0. The number of hydrogen-bond donors (Lipinski definition) is 1. The topological polar surface area (TPSA) is 78.3 Å². The Kier molecular flexibility index (Phi) is 6.12. The number of anilines is 1. The van der Waals surface area contributed by atoms with E-state index >= 15 is 0 Å². The maximum atomic E-state index is 13.5. The van der Waals surface area contributed by atoms with Crippen LogP contribution in [0.2, 0.25) is 0 Å². The number of ether oxygens (including phenoxy) is 2. The van der Waals surface area contributed by atoms with Crippen LogP contribution in [-0.4, -0.2) is 34.9 Å². The Balaban J connectivity index is 1.58. The molecule has 3 aromatic carbocycles. The number of fused-ring (bicyclic) bond motifs is 1. The van der Waals surface area contributed by atoms with Gasteiger partial charge in [0.15, 0.2) is 0 Å². The van der Waals surface area contributed by atoms with Gasteiger partial charge in [0, 0.05) is 22.7 Å². The Bertz CT molecular complexity index is 1570. The molecule has 180 valence electrons. The number of hydrogen-bond acceptors (Lipinski definition) is 5. The van der Waals surface area contributed by atoms with Gasteiger partial charge in [-0.2, -0.15) is 5.10 Å². The van der Waals surface area contributed by atoms with Crippen molar-refractivity contribution in [3.05, 3.63) is 95.8 Å². The van der Waals surface area contributed by atoms with E-state index in [1.54, 1.807) is 26.5 Å². The lowest BCUT2D eigenvalue weighted by Gasteiger charge is -2.12. The highest BCUT2D eigenvalue weighted by Gasteiger charge is 2.18. The van der Waals surface area contributed by atoms with Crippen LogP contribution in [0.1, 0.15) is 21.6 Å². The molecule has 7 heteroatoms. The van der Waals surface area contributed by atoms with Gasteiger partial charge in [0.25, 0.3) is 5.91 Å². The Morgan fingerprint density at radius 3 is 2.42 bits per heavy atom. The maximum absolute atomic E-state index is 13.5. The van der Waals surface area contributed by atoms with E-state index in [2.05, 4.69) is 10.4 Å². The van der Waals surface area contributed by atoms with Crippen LogP contribution in [0, 0.1) is 13.8 Å². The van der Waals surface area contributed by atoms with Crippen LogP contribution in [0.25, 0.3) is 27.8 Å². The van der Waals surface area contributed by atoms with E-state index in [-0.39, 0.29) is 5.91 Å². The second-order valence-electron chi connectivity index (χ2n) is 8.52. The summed E-state index contributed by atoms with van der Waals surface area (Å²) in [6.07, 6.45) is 1.78. The van der Waals surface area contributed by atoms with Gasteiger partial charge in [-0.25, -0.2) is 9.67 Å². The quantitative estimate of drug-likeness (QED) is 0.325. The minimum atomic E-state index is -0.220. The van der Waals surface area contributed by atoms with E-state index in [4.69, 9.17) is 14.5 Å². The van der Waals surface area contributed by atoms with E-state index in [1.807, 2.05) is 85.3 Å². The lowest BCUT2D eigenvalue weighted by atomic mass is 10.0. The fourth-order valence-electron chi connectivity index (χ4n) is 4.21. The molecule has 0 saturated carbocycles. The summed E-state index contributed by atoms with van der Waals surface area (Å²) in [4.78, 5) is 18.4. The molecular weight excluding hydrogens is 452 g/mol. The van der Waals surface area contributed by atoms with Crippen molar-refractivity contribution >= 4 is 22.5 Å². The molecule has 7 nitrogen and oxygen atoms in total. The third kappa shape index (κ3) is 4.38. The van der Waals surface area contributed by atoms with Crippen molar-refractivity contribution < 1.29 is 14.3 Å². The summed E-state index contributed by atoms with van der Waals surface area (Å²) in [6, 6.07) is 22.7. The highest BCUT2D eigenvalue weighted by Crippen LogP contribution is 2.30. The predicted molar refractivity (Wildman–Crippen MR) is 141 cm³/mol. The van der Waals surface area contributed by atoms with Gasteiger partial charge >= 0.3 is 0 Å². The summed E-state index contributed by atoms with van der Waals surface area (Å²) in [6.45, 7) is 3.99. The summed E-state index contributed by atoms with van der Waals surface area (Å²) < 4.78 is 12.4. The van der Waals surface area contributed by atoms with E-state index in [0.717, 1.165) is 39.2 Å². The number of carbonyl (C=O) groups is 1. The minimum Gasteiger partial charge on any atom is -0.497 e. The zero-order chi connectivity index (χ0) is 25.2. The van der Waals surface area contributed by atoms with Crippen LogP contribution >= 0.6 is 0 Å². The highest BCUT2D eigenvalue weighted by atomic mass is 16.5. The molecule has 0 fully saturated rings. The number of aromatic nitrogens is 3. The Morgan fingerprint density at radius 1 is 0.889 bits per heavy atom. The molecule has 0 aliphatic carbocycles. The second kappa shape index (κ2) is 9.54. The molecule has 36 heavy (non-hydrogen) atoms. The number of methoxy groups -OCH3 is 2.